The van der Waals surface area contributed by atoms with E-state index in [2.05, 4.69) is 10.3 Å². The maximum Gasteiger partial charge on any atom is 0.268 e. The van der Waals surface area contributed by atoms with Crippen molar-refractivity contribution in [3.8, 4) is 0 Å². The number of rotatable bonds is 6. The third-order valence-electron chi connectivity index (χ3n) is 6.16. The zero-order chi connectivity index (χ0) is 23.4. The number of amides is 1. The Hall–Kier alpha value is -1.91. The van der Waals surface area contributed by atoms with E-state index in [-0.39, 0.29) is 36.0 Å². The van der Waals surface area contributed by atoms with Gasteiger partial charge in [0.15, 0.2) is 15.6 Å². The molecule has 0 saturated carbocycles. The highest BCUT2D eigenvalue weighted by atomic mass is 35.5. The molecule has 5 rings (SSSR count). The number of hydrogen-bond acceptors (Lipinski definition) is 6. The summed E-state index contributed by atoms with van der Waals surface area (Å²) >= 11 is 7.40. The quantitative estimate of drug-likeness (QED) is 0.526. The van der Waals surface area contributed by atoms with Gasteiger partial charge in [-0.15, -0.1) is 11.3 Å². The number of carbonyl (C=O) groups excluding carboxylic acids is 1. The lowest BCUT2D eigenvalue weighted by atomic mass is 10.0. The molecular formula is C23H25ClN2O5S2. The number of nitrogens with one attached hydrogen (secondary N) is 2. The van der Waals surface area contributed by atoms with Crippen LogP contribution in [0.4, 0.5) is 0 Å². The molecule has 3 heterocycles. The van der Waals surface area contributed by atoms with Gasteiger partial charge in [0.1, 0.15) is 10.5 Å². The highest BCUT2D eigenvalue weighted by molar-refractivity contribution is 7.91. The predicted octanol–water partition coefficient (Wildman–Crippen LogP) is 3.89. The summed E-state index contributed by atoms with van der Waals surface area (Å²) in [4.78, 5) is 16.9. The summed E-state index contributed by atoms with van der Waals surface area (Å²) in [7, 11) is -3.47. The van der Waals surface area contributed by atoms with Gasteiger partial charge in [-0.05, 0) is 43.5 Å². The number of benzene rings is 1. The lowest BCUT2D eigenvalue weighted by molar-refractivity contribution is -0.135. The maximum absolute atomic E-state index is 13.1. The standard InChI is InChI=1S/C23H25ClN2O5S2/c1-23(2)30-10-15(31-23)11-33(28,29)12-17-16-6-4-3-5-13(16)7-18(17)25-21(27)19-8-14-9-20(24)32-22(14)26-19/h3-6,8-9,15,17-18,26H,7,10-12H2,1-2H3,(H,25,27)/t15-,17-,18+/m0/s1. The summed E-state index contributed by atoms with van der Waals surface area (Å²) < 4.78 is 38.1. The number of fused-ring (bicyclic) bond motifs is 2. The van der Waals surface area contributed by atoms with Crippen LogP contribution in [0.5, 0.6) is 0 Å². The fourth-order valence-electron chi connectivity index (χ4n) is 4.77. The van der Waals surface area contributed by atoms with Crippen LogP contribution in [0.1, 0.15) is 41.4 Å². The van der Waals surface area contributed by atoms with E-state index in [0.29, 0.717) is 16.5 Å². The van der Waals surface area contributed by atoms with E-state index < -0.39 is 21.7 Å². The topological polar surface area (TPSA) is 97.5 Å². The number of carbonyl (C=O) groups is 1. The Morgan fingerprint density at radius 2 is 2.06 bits per heavy atom. The third kappa shape index (κ3) is 4.83. The molecule has 2 aliphatic rings. The molecule has 10 heteroatoms. The van der Waals surface area contributed by atoms with E-state index in [1.807, 2.05) is 30.3 Å². The van der Waals surface area contributed by atoms with Crippen LogP contribution in [0.25, 0.3) is 10.2 Å². The van der Waals surface area contributed by atoms with Crippen LogP contribution in [0.15, 0.2) is 36.4 Å². The van der Waals surface area contributed by atoms with Crippen LogP contribution in [-0.2, 0) is 25.7 Å². The van der Waals surface area contributed by atoms with Gasteiger partial charge < -0.3 is 19.8 Å². The van der Waals surface area contributed by atoms with Gasteiger partial charge in [-0.2, -0.15) is 0 Å². The van der Waals surface area contributed by atoms with E-state index in [1.165, 1.54) is 11.3 Å². The lowest BCUT2D eigenvalue weighted by Crippen LogP contribution is -2.41. The van der Waals surface area contributed by atoms with Crippen LogP contribution in [0.3, 0.4) is 0 Å². The Bertz CT molecular complexity index is 1280. The van der Waals surface area contributed by atoms with Crippen LogP contribution in [-0.4, -0.2) is 55.4 Å². The molecule has 33 heavy (non-hydrogen) atoms. The molecule has 0 unspecified atom stereocenters. The Morgan fingerprint density at radius 1 is 1.27 bits per heavy atom. The van der Waals surface area contributed by atoms with Gasteiger partial charge in [0.2, 0.25) is 0 Å². The molecule has 3 atom stereocenters. The van der Waals surface area contributed by atoms with Gasteiger partial charge in [-0.1, -0.05) is 35.9 Å². The number of H-pyrrole nitrogens is 1. The number of thiophene rings is 1. The van der Waals surface area contributed by atoms with Crippen molar-refractivity contribution < 1.29 is 22.7 Å². The Labute approximate surface area is 201 Å². The summed E-state index contributed by atoms with van der Waals surface area (Å²) in [5, 5.41) is 3.95. The highest BCUT2D eigenvalue weighted by Crippen LogP contribution is 2.36. The van der Waals surface area contributed by atoms with Crippen molar-refractivity contribution in [1.82, 2.24) is 10.3 Å². The second kappa shape index (κ2) is 8.39. The summed E-state index contributed by atoms with van der Waals surface area (Å²) in [6.07, 6.45) is 0.0902. The third-order valence-corrected chi connectivity index (χ3v) is 9.10. The molecule has 1 amide bonds. The van der Waals surface area contributed by atoms with E-state index in [9.17, 15) is 13.2 Å². The van der Waals surface area contributed by atoms with Crippen molar-refractivity contribution >= 4 is 48.9 Å². The molecule has 0 radical (unpaired) electrons. The van der Waals surface area contributed by atoms with Crippen molar-refractivity contribution in [2.45, 2.75) is 44.1 Å². The monoisotopic (exact) mass is 508 g/mol. The highest BCUT2D eigenvalue weighted by Gasteiger charge is 2.40. The van der Waals surface area contributed by atoms with Gasteiger partial charge in [-0.3, -0.25) is 4.79 Å². The summed E-state index contributed by atoms with van der Waals surface area (Å²) in [6, 6.07) is 11.0. The fraction of sp³-hybridized carbons (Fsp3) is 0.435. The van der Waals surface area contributed by atoms with E-state index in [1.54, 1.807) is 19.9 Å². The second-order valence-corrected chi connectivity index (χ2v) is 13.0. The lowest BCUT2D eigenvalue weighted by Gasteiger charge is -2.23. The number of aromatic amines is 1. The molecule has 0 spiro atoms. The van der Waals surface area contributed by atoms with E-state index >= 15 is 0 Å². The second-order valence-electron chi connectivity index (χ2n) is 9.13. The van der Waals surface area contributed by atoms with Gasteiger partial charge in [0, 0.05) is 17.3 Å². The first-order valence-corrected chi connectivity index (χ1v) is 13.8. The van der Waals surface area contributed by atoms with Gasteiger partial charge in [0.05, 0.1) is 28.6 Å². The minimum Gasteiger partial charge on any atom is -0.348 e. The molecule has 1 aliphatic carbocycles. The molecule has 1 aliphatic heterocycles. The number of aromatic nitrogens is 1. The van der Waals surface area contributed by atoms with Crippen LogP contribution < -0.4 is 5.32 Å². The number of halogens is 1. The average molecular weight is 509 g/mol. The van der Waals surface area contributed by atoms with E-state index in [4.69, 9.17) is 21.1 Å². The van der Waals surface area contributed by atoms with Gasteiger partial charge in [0.25, 0.3) is 5.91 Å². The molecule has 1 saturated heterocycles. The normalized spacial score (nSPS) is 24.3. The van der Waals surface area contributed by atoms with Crippen LogP contribution in [0.2, 0.25) is 4.34 Å². The summed E-state index contributed by atoms with van der Waals surface area (Å²) in [5.74, 6) is -1.54. The molecule has 2 N–H and O–H groups in total. The van der Waals surface area contributed by atoms with Crippen molar-refractivity contribution in [3.63, 3.8) is 0 Å². The molecule has 2 aromatic heterocycles. The predicted molar refractivity (Wildman–Crippen MR) is 129 cm³/mol. The van der Waals surface area contributed by atoms with Crippen molar-refractivity contribution in [1.29, 1.82) is 0 Å². The molecule has 1 fully saturated rings. The first kappa shape index (κ1) is 22.9. The minimum absolute atomic E-state index is 0.0648. The number of sulfone groups is 1. The van der Waals surface area contributed by atoms with Crippen molar-refractivity contribution in [2.24, 2.45) is 0 Å². The Kier molecular flexibility index (Phi) is 5.81. The number of ether oxygens (including phenoxy) is 2. The van der Waals surface area contributed by atoms with Crippen LogP contribution in [0, 0.1) is 0 Å². The number of hydrogen-bond donors (Lipinski definition) is 2. The largest absolute Gasteiger partial charge is 0.348 e. The average Bonchev–Trinajstić information content (AvgIpc) is 3.44. The smallest absolute Gasteiger partial charge is 0.268 e. The molecular weight excluding hydrogens is 484 g/mol. The minimum atomic E-state index is -3.47. The van der Waals surface area contributed by atoms with Gasteiger partial charge >= 0.3 is 0 Å². The van der Waals surface area contributed by atoms with Crippen molar-refractivity contribution in [3.05, 3.63) is 57.6 Å². The summed E-state index contributed by atoms with van der Waals surface area (Å²) in [6.45, 7) is 3.80. The molecule has 7 nitrogen and oxygen atoms in total. The zero-order valence-electron chi connectivity index (χ0n) is 18.3. The van der Waals surface area contributed by atoms with Crippen LogP contribution >= 0.6 is 22.9 Å². The Morgan fingerprint density at radius 3 is 2.79 bits per heavy atom. The SMILES string of the molecule is CC1(C)OC[C@@H](CS(=O)(=O)C[C@H]2c3ccccc3C[C@H]2NC(=O)c2cc3cc(Cl)sc3[nH]2)O1. The summed E-state index contributed by atoms with van der Waals surface area (Å²) in [5.41, 5.74) is 2.46. The molecule has 1 aromatic carbocycles. The molecule has 176 valence electrons. The Balaban J connectivity index is 1.34. The fourth-order valence-corrected chi connectivity index (χ4v) is 7.72. The van der Waals surface area contributed by atoms with E-state index in [0.717, 1.165) is 21.3 Å². The first-order chi connectivity index (χ1) is 15.6. The maximum atomic E-state index is 13.1. The van der Waals surface area contributed by atoms with Gasteiger partial charge in [-0.25, -0.2) is 8.42 Å². The molecule has 3 aromatic rings. The first-order valence-electron chi connectivity index (χ1n) is 10.8. The van der Waals surface area contributed by atoms with Crippen molar-refractivity contribution in [2.75, 3.05) is 18.1 Å². The molecule has 0 bridgehead atoms. The zero-order valence-corrected chi connectivity index (χ0v) is 20.6.